The van der Waals surface area contributed by atoms with Crippen LogP contribution in [0.4, 0.5) is 0 Å². The predicted octanol–water partition coefficient (Wildman–Crippen LogP) is 1.14. The summed E-state index contributed by atoms with van der Waals surface area (Å²) in [6.45, 7) is 0. The maximum Gasteiger partial charge on any atom is 0 e. The predicted molar refractivity (Wildman–Crippen MR) is 18.9 cm³/mol. The van der Waals surface area contributed by atoms with Gasteiger partial charge in [0.2, 0.25) is 0 Å². The third-order valence-corrected chi connectivity index (χ3v) is 0. The van der Waals surface area contributed by atoms with Crippen molar-refractivity contribution in [2.24, 2.45) is 0 Å². The molecule has 0 nitrogen and oxygen atoms in total. The summed E-state index contributed by atoms with van der Waals surface area (Å²) < 4.78 is 0. The molecule has 0 spiro atoms. The van der Waals surface area contributed by atoms with Crippen LogP contribution in [0.2, 0.25) is 0 Å². The van der Waals surface area contributed by atoms with Crippen LogP contribution in [-0.4, -0.2) is 6.26 Å². The molecule has 0 aromatic heterocycles. The molecule has 0 aliphatic rings. The second kappa shape index (κ2) is 8.82. The molecule has 0 bridgehead atoms. The van der Waals surface area contributed by atoms with Crippen LogP contribution in [0.25, 0.3) is 0 Å². The van der Waals surface area contributed by atoms with E-state index in [4.69, 9.17) is 0 Å². The summed E-state index contributed by atoms with van der Waals surface area (Å²) in [5, 5.41) is 0. The summed E-state index contributed by atoms with van der Waals surface area (Å²) in [6.07, 6.45) is 5.33. The van der Waals surface area contributed by atoms with Crippen molar-refractivity contribution < 1.29 is 32.7 Å². The molecule has 0 atom stereocenters. The van der Waals surface area contributed by atoms with E-state index in [2.05, 4.69) is 6.26 Å². The van der Waals surface area contributed by atoms with Crippen LogP contribution in [-0.2, 0) is 32.7 Å². The summed E-state index contributed by atoms with van der Waals surface area (Å²) in [5.41, 5.74) is 0. The number of thioether (sulfide) groups is 1. The number of hydrogen-bond donors (Lipinski definition) is 0. The molecular weight excluding hydrogens is 145 g/mol. The van der Waals surface area contributed by atoms with Gasteiger partial charge in [-0.15, -0.1) is 0 Å². The summed E-state index contributed by atoms with van der Waals surface area (Å²) in [4.78, 5) is 0. The normalized spacial score (nSPS) is 4.50. The Morgan fingerprint density at radius 2 is 1.75 bits per heavy atom. The van der Waals surface area contributed by atoms with Gasteiger partial charge in [0.25, 0.3) is 0 Å². The van der Waals surface area contributed by atoms with Gasteiger partial charge in [0.05, 0.1) is 0 Å². The van der Waals surface area contributed by atoms with Gasteiger partial charge in [-0.1, -0.05) is 0 Å². The van der Waals surface area contributed by atoms with Crippen LogP contribution >= 0.6 is 11.8 Å². The van der Waals surface area contributed by atoms with Crippen LogP contribution in [0, 0.1) is 6.26 Å². The smallest absolute Gasteiger partial charge is 0 e. The molecule has 1 radical (unpaired) electrons. The molecular formula is C2H5SY-. The summed E-state index contributed by atoms with van der Waals surface area (Å²) in [7, 11) is 0. The SMILES string of the molecule is [CH2-]SC.[Y]. The Morgan fingerprint density at radius 3 is 1.75 bits per heavy atom. The first-order valence-electron chi connectivity index (χ1n) is 0.697. The molecule has 0 aliphatic heterocycles. The van der Waals surface area contributed by atoms with Crippen molar-refractivity contribution >= 4 is 11.8 Å². The van der Waals surface area contributed by atoms with E-state index in [0.29, 0.717) is 0 Å². The van der Waals surface area contributed by atoms with Gasteiger partial charge >= 0.3 is 0 Å². The zero-order valence-electron chi connectivity index (χ0n) is 2.69. The van der Waals surface area contributed by atoms with Crippen molar-refractivity contribution in [3.8, 4) is 0 Å². The Kier molecular flexibility index (Phi) is 20.0. The van der Waals surface area contributed by atoms with E-state index in [-0.39, 0.29) is 32.7 Å². The molecule has 0 N–H and O–H groups in total. The van der Waals surface area contributed by atoms with E-state index in [1.54, 1.807) is 0 Å². The average molecular weight is 150 g/mol. The third-order valence-electron chi connectivity index (χ3n) is 0. The fourth-order valence-electron chi connectivity index (χ4n) is 0. The molecule has 23 valence electrons. The van der Waals surface area contributed by atoms with Crippen LogP contribution in [0.3, 0.4) is 0 Å². The fraction of sp³-hybridized carbons (Fsp3) is 0.500. The number of rotatable bonds is 0. The Morgan fingerprint density at radius 1 is 1.75 bits per heavy atom. The molecule has 2 heteroatoms. The second-order valence-corrected chi connectivity index (χ2v) is 0.866. The second-order valence-electron chi connectivity index (χ2n) is 0.289. The Balaban J connectivity index is 0. The van der Waals surface area contributed by atoms with Crippen LogP contribution in [0.1, 0.15) is 0 Å². The summed E-state index contributed by atoms with van der Waals surface area (Å²) in [6, 6.07) is 0. The molecule has 0 aromatic rings. The zero-order valence-corrected chi connectivity index (χ0v) is 6.35. The largest absolute Gasteiger partial charge is 0.357 e. The topological polar surface area (TPSA) is 0 Å². The maximum absolute atomic E-state index is 3.40. The van der Waals surface area contributed by atoms with Gasteiger partial charge in [-0.2, -0.15) is 0 Å². The van der Waals surface area contributed by atoms with Crippen molar-refractivity contribution in [2.45, 2.75) is 0 Å². The minimum Gasteiger partial charge on any atom is -0.357 e. The molecule has 0 fully saturated rings. The van der Waals surface area contributed by atoms with Crippen molar-refractivity contribution in [1.82, 2.24) is 0 Å². The van der Waals surface area contributed by atoms with Gasteiger partial charge in [0.15, 0.2) is 0 Å². The van der Waals surface area contributed by atoms with Gasteiger partial charge in [0.1, 0.15) is 0 Å². The molecule has 0 aromatic carbocycles. The van der Waals surface area contributed by atoms with Crippen molar-refractivity contribution in [2.75, 3.05) is 6.26 Å². The van der Waals surface area contributed by atoms with Gasteiger partial charge in [-0.25, -0.2) is 0 Å². The van der Waals surface area contributed by atoms with Crippen LogP contribution in [0.5, 0.6) is 0 Å². The van der Waals surface area contributed by atoms with Crippen molar-refractivity contribution in [3.05, 3.63) is 6.26 Å². The minimum absolute atomic E-state index is 0. The third kappa shape index (κ3) is 9.84. The Bertz CT molecular complexity index is 6.00. The molecule has 0 unspecified atom stereocenters. The van der Waals surface area contributed by atoms with E-state index in [1.807, 2.05) is 6.26 Å². The van der Waals surface area contributed by atoms with E-state index in [1.165, 1.54) is 11.8 Å². The fourth-order valence-corrected chi connectivity index (χ4v) is 0. The van der Waals surface area contributed by atoms with Gasteiger partial charge in [0, 0.05) is 32.7 Å². The van der Waals surface area contributed by atoms with E-state index in [0.717, 1.165) is 0 Å². The summed E-state index contributed by atoms with van der Waals surface area (Å²) in [5.74, 6) is 0. The molecule has 0 rings (SSSR count). The molecule has 0 amide bonds. The van der Waals surface area contributed by atoms with Gasteiger partial charge in [-0.3, -0.25) is 6.26 Å². The molecule has 0 saturated carbocycles. The number of hydrogen-bond acceptors (Lipinski definition) is 1. The van der Waals surface area contributed by atoms with E-state index >= 15 is 0 Å². The first-order chi connectivity index (χ1) is 1.41. The monoisotopic (exact) mass is 150 g/mol. The summed E-state index contributed by atoms with van der Waals surface area (Å²) >= 11 is 1.50. The minimum atomic E-state index is 0. The van der Waals surface area contributed by atoms with Crippen LogP contribution in [0.15, 0.2) is 0 Å². The average Bonchev–Trinajstić information content (AvgIpc) is 0.918. The van der Waals surface area contributed by atoms with Crippen molar-refractivity contribution in [3.63, 3.8) is 0 Å². The Hall–Kier alpha value is 1.45. The van der Waals surface area contributed by atoms with E-state index < -0.39 is 0 Å². The van der Waals surface area contributed by atoms with Gasteiger partial charge < -0.3 is 11.8 Å². The molecule has 4 heavy (non-hydrogen) atoms. The van der Waals surface area contributed by atoms with Crippen molar-refractivity contribution in [1.29, 1.82) is 0 Å². The first-order valence-corrected chi connectivity index (χ1v) is 2.09. The molecule has 0 saturated heterocycles. The first kappa shape index (κ1) is 9.07. The van der Waals surface area contributed by atoms with Gasteiger partial charge in [-0.05, 0) is 6.26 Å². The van der Waals surface area contributed by atoms with Crippen LogP contribution < -0.4 is 0 Å². The molecule has 0 aliphatic carbocycles. The maximum atomic E-state index is 3.40. The molecule has 0 heterocycles. The Labute approximate surface area is 56.6 Å². The standard InChI is InChI=1S/C2H5S.Y/c1-3-2;/h1H2,2H3;/q-1;. The quantitative estimate of drug-likeness (QED) is 0.466. The van der Waals surface area contributed by atoms with E-state index in [9.17, 15) is 0 Å². The zero-order chi connectivity index (χ0) is 2.71.